The van der Waals surface area contributed by atoms with Crippen LogP contribution in [0.1, 0.15) is 5.82 Å². The summed E-state index contributed by atoms with van der Waals surface area (Å²) in [5.74, 6) is -0.0949. The molecule has 0 aliphatic heterocycles. The third-order valence-corrected chi connectivity index (χ3v) is 1.32. The number of methoxy groups -OCH3 is 1. The summed E-state index contributed by atoms with van der Waals surface area (Å²) in [6, 6.07) is 0. The Bertz CT molecular complexity index is 267. The second kappa shape index (κ2) is 3.96. The molecule has 0 atom stereocenters. The molecule has 1 rings (SSSR count). The smallest absolute Gasteiger partial charge is 0.253 e. The second-order valence-electron chi connectivity index (χ2n) is 2.18. The summed E-state index contributed by atoms with van der Waals surface area (Å²) in [4.78, 5) is 7.52. The standard InChI is InChI=1S/C7H10FN3O/c1-12-7-5(8)4-10-6(11-7)2-3-9/h4H,2-3,9H2,1H3. The fourth-order valence-corrected chi connectivity index (χ4v) is 0.779. The summed E-state index contributed by atoms with van der Waals surface area (Å²) >= 11 is 0. The molecule has 66 valence electrons. The van der Waals surface area contributed by atoms with Crippen LogP contribution in [0.2, 0.25) is 0 Å². The van der Waals surface area contributed by atoms with E-state index in [4.69, 9.17) is 5.73 Å². The van der Waals surface area contributed by atoms with Crippen molar-refractivity contribution < 1.29 is 9.13 Å². The predicted molar refractivity (Wildman–Crippen MR) is 41.3 cm³/mol. The largest absolute Gasteiger partial charge is 0.479 e. The van der Waals surface area contributed by atoms with Crippen LogP contribution in [0.4, 0.5) is 4.39 Å². The molecular formula is C7H10FN3O. The lowest BCUT2D eigenvalue weighted by Gasteiger charge is -2.01. The molecular weight excluding hydrogens is 161 g/mol. The van der Waals surface area contributed by atoms with E-state index >= 15 is 0 Å². The average molecular weight is 171 g/mol. The SMILES string of the molecule is COc1nc(CCN)ncc1F. The van der Waals surface area contributed by atoms with Gasteiger partial charge in [0, 0.05) is 6.42 Å². The van der Waals surface area contributed by atoms with Crippen molar-refractivity contribution >= 4 is 0 Å². The monoisotopic (exact) mass is 171 g/mol. The Morgan fingerprint density at radius 1 is 1.67 bits per heavy atom. The van der Waals surface area contributed by atoms with Gasteiger partial charge in [-0.1, -0.05) is 0 Å². The molecule has 0 fully saturated rings. The lowest BCUT2D eigenvalue weighted by atomic mass is 10.4. The highest BCUT2D eigenvalue weighted by molar-refractivity contribution is 5.11. The van der Waals surface area contributed by atoms with Crippen LogP contribution < -0.4 is 10.5 Å². The molecule has 0 unspecified atom stereocenters. The van der Waals surface area contributed by atoms with Crippen molar-refractivity contribution in [3.8, 4) is 5.88 Å². The quantitative estimate of drug-likeness (QED) is 0.702. The lowest BCUT2D eigenvalue weighted by Crippen LogP contribution is -2.07. The first-order chi connectivity index (χ1) is 5.77. The number of ether oxygens (including phenoxy) is 1. The van der Waals surface area contributed by atoms with E-state index in [0.29, 0.717) is 18.8 Å². The van der Waals surface area contributed by atoms with E-state index in [1.165, 1.54) is 7.11 Å². The van der Waals surface area contributed by atoms with Crippen LogP contribution in [-0.2, 0) is 6.42 Å². The minimum atomic E-state index is -0.557. The van der Waals surface area contributed by atoms with Crippen LogP contribution in [-0.4, -0.2) is 23.6 Å². The lowest BCUT2D eigenvalue weighted by molar-refractivity contribution is 0.364. The van der Waals surface area contributed by atoms with Crippen molar-refractivity contribution in [3.63, 3.8) is 0 Å². The summed E-state index contributed by atoms with van der Waals surface area (Å²) in [6.45, 7) is 0.439. The van der Waals surface area contributed by atoms with Gasteiger partial charge in [-0.2, -0.15) is 9.37 Å². The van der Waals surface area contributed by atoms with E-state index in [1.807, 2.05) is 0 Å². The molecule has 0 aromatic carbocycles. The van der Waals surface area contributed by atoms with E-state index in [2.05, 4.69) is 14.7 Å². The number of nitrogens with zero attached hydrogens (tertiary/aromatic N) is 2. The van der Waals surface area contributed by atoms with Gasteiger partial charge in [-0.25, -0.2) is 4.98 Å². The molecule has 0 saturated carbocycles. The summed E-state index contributed by atoms with van der Waals surface area (Å²) in [6.07, 6.45) is 1.60. The zero-order valence-corrected chi connectivity index (χ0v) is 6.75. The van der Waals surface area contributed by atoms with Gasteiger partial charge in [-0.15, -0.1) is 0 Å². The number of nitrogens with two attached hydrogens (primary N) is 1. The van der Waals surface area contributed by atoms with Gasteiger partial charge in [0.15, 0.2) is 0 Å². The normalized spacial score (nSPS) is 9.92. The molecule has 1 aromatic rings. The maximum atomic E-state index is 12.7. The summed E-state index contributed by atoms with van der Waals surface area (Å²) in [7, 11) is 1.36. The zero-order valence-electron chi connectivity index (χ0n) is 6.75. The van der Waals surface area contributed by atoms with Crippen LogP contribution >= 0.6 is 0 Å². The Hall–Kier alpha value is -1.23. The topological polar surface area (TPSA) is 61.0 Å². The van der Waals surface area contributed by atoms with Gasteiger partial charge in [0.2, 0.25) is 5.82 Å². The predicted octanol–water partition coefficient (Wildman–Crippen LogP) is 0.125. The van der Waals surface area contributed by atoms with E-state index in [-0.39, 0.29) is 5.88 Å². The molecule has 1 heterocycles. The molecule has 0 bridgehead atoms. The average Bonchev–Trinajstić information content (AvgIpc) is 2.09. The molecule has 0 amide bonds. The Morgan fingerprint density at radius 3 is 3.00 bits per heavy atom. The number of rotatable bonds is 3. The number of hydrogen-bond donors (Lipinski definition) is 1. The minimum absolute atomic E-state index is 0.0338. The molecule has 4 nitrogen and oxygen atoms in total. The van der Waals surface area contributed by atoms with Crippen LogP contribution in [0.25, 0.3) is 0 Å². The van der Waals surface area contributed by atoms with Crippen LogP contribution in [0.5, 0.6) is 5.88 Å². The third kappa shape index (κ3) is 1.88. The van der Waals surface area contributed by atoms with E-state index in [9.17, 15) is 4.39 Å². The van der Waals surface area contributed by atoms with Gasteiger partial charge in [0.25, 0.3) is 5.88 Å². The Balaban J connectivity index is 2.89. The summed E-state index contributed by atoms with van der Waals surface area (Å²) in [5, 5.41) is 0. The third-order valence-electron chi connectivity index (χ3n) is 1.32. The summed E-state index contributed by atoms with van der Waals surface area (Å²) in [5.41, 5.74) is 5.28. The first-order valence-electron chi connectivity index (χ1n) is 3.53. The van der Waals surface area contributed by atoms with E-state index in [0.717, 1.165) is 6.20 Å². The highest BCUT2D eigenvalue weighted by Gasteiger charge is 2.05. The molecule has 1 aromatic heterocycles. The fourth-order valence-electron chi connectivity index (χ4n) is 0.779. The first kappa shape index (κ1) is 8.86. The van der Waals surface area contributed by atoms with Crippen molar-refractivity contribution in [2.75, 3.05) is 13.7 Å². The molecule has 2 N–H and O–H groups in total. The summed E-state index contributed by atoms with van der Waals surface area (Å²) < 4.78 is 17.4. The Morgan fingerprint density at radius 2 is 2.42 bits per heavy atom. The van der Waals surface area contributed by atoms with Crippen LogP contribution in [0, 0.1) is 5.82 Å². The Kier molecular flexibility index (Phi) is 2.93. The number of hydrogen-bond acceptors (Lipinski definition) is 4. The molecule has 0 aliphatic rings. The van der Waals surface area contributed by atoms with Crippen molar-refractivity contribution in [2.45, 2.75) is 6.42 Å². The van der Waals surface area contributed by atoms with Crippen molar-refractivity contribution in [2.24, 2.45) is 5.73 Å². The highest BCUT2D eigenvalue weighted by atomic mass is 19.1. The van der Waals surface area contributed by atoms with Crippen molar-refractivity contribution in [3.05, 3.63) is 17.8 Å². The minimum Gasteiger partial charge on any atom is -0.479 e. The van der Waals surface area contributed by atoms with Gasteiger partial charge in [-0.05, 0) is 6.54 Å². The molecule has 0 radical (unpaired) electrons. The molecule has 5 heteroatoms. The van der Waals surface area contributed by atoms with E-state index < -0.39 is 5.82 Å². The Labute approximate surface area is 69.6 Å². The number of aromatic nitrogens is 2. The second-order valence-corrected chi connectivity index (χ2v) is 2.18. The molecule has 0 aliphatic carbocycles. The first-order valence-corrected chi connectivity index (χ1v) is 3.53. The van der Waals surface area contributed by atoms with Gasteiger partial charge < -0.3 is 10.5 Å². The fraction of sp³-hybridized carbons (Fsp3) is 0.429. The zero-order chi connectivity index (χ0) is 8.97. The molecule has 0 saturated heterocycles. The van der Waals surface area contributed by atoms with Crippen molar-refractivity contribution in [1.82, 2.24) is 9.97 Å². The van der Waals surface area contributed by atoms with Gasteiger partial charge in [0.1, 0.15) is 5.82 Å². The molecule has 12 heavy (non-hydrogen) atoms. The number of halogens is 1. The van der Waals surface area contributed by atoms with Gasteiger partial charge in [0.05, 0.1) is 13.3 Å². The molecule has 0 spiro atoms. The maximum absolute atomic E-state index is 12.7. The van der Waals surface area contributed by atoms with Gasteiger partial charge >= 0.3 is 0 Å². The van der Waals surface area contributed by atoms with E-state index in [1.54, 1.807) is 0 Å². The van der Waals surface area contributed by atoms with Crippen LogP contribution in [0.15, 0.2) is 6.20 Å². The van der Waals surface area contributed by atoms with Crippen LogP contribution in [0.3, 0.4) is 0 Å². The van der Waals surface area contributed by atoms with Gasteiger partial charge in [-0.3, -0.25) is 0 Å². The van der Waals surface area contributed by atoms with Crippen molar-refractivity contribution in [1.29, 1.82) is 0 Å². The highest BCUT2D eigenvalue weighted by Crippen LogP contribution is 2.10. The maximum Gasteiger partial charge on any atom is 0.253 e.